The quantitative estimate of drug-likeness (QED) is 0.711. The number of fused-ring (bicyclic) bond motifs is 1. The molecule has 0 aliphatic rings. The molecular weight excluding hydrogens is 354 g/mol. The lowest BCUT2D eigenvalue weighted by Crippen LogP contribution is -2.35. The zero-order valence-corrected chi connectivity index (χ0v) is 17.3. The van der Waals surface area contributed by atoms with Gasteiger partial charge in [-0.2, -0.15) is 5.10 Å². The first-order valence-electron chi connectivity index (χ1n) is 9.22. The lowest BCUT2D eigenvalue weighted by atomic mass is 10.0. The lowest BCUT2D eigenvalue weighted by Gasteiger charge is -2.26. The standard InChI is InChI=1S/C21H27N5O2/c1-13-11-16(19-14(2)24-26(5)20(19)23-13)21(27)22-12-17(25(3)4)15-9-7-8-10-18(15)28-6/h7-11,17H,12H2,1-6H3,(H,22,27). The van der Waals surface area contributed by atoms with Gasteiger partial charge in [0, 0.05) is 24.8 Å². The predicted octanol–water partition coefficient (Wildman–Crippen LogP) is 2.63. The summed E-state index contributed by atoms with van der Waals surface area (Å²) in [5, 5.41) is 8.30. The van der Waals surface area contributed by atoms with Crippen molar-refractivity contribution in [3.63, 3.8) is 0 Å². The smallest absolute Gasteiger partial charge is 0.252 e. The van der Waals surface area contributed by atoms with Crippen LogP contribution >= 0.6 is 0 Å². The van der Waals surface area contributed by atoms with Gasteiger partial charge in [-0.25, -0.2) is 4.98 Å². The second kappa shape index (κ2) is 7.98. The van der Waals surface area contributed by atoms with Gasteiger partial charge in [0.15, 0.2) is 5.65 Å². The summed E-state index contributed by atoms with van der Waals surface area (Å²) in [4.78, 5) is 19.7. The van der Waals surface area contributed by atoms with Crippen LogP contribution in [0.4, 0.5) is 0 Å². The number of hydrogen-bond donors (Lipinski definition) is 1. The summed E-state index contributed by atoms with van der Waals surface area (Å²) in [6.45, 7) is 4.23. The van der Waals surface area contributed by atoms with Gasteiger partial charge in [0.05, 0.1) is 29.8 Å². The molecule has 1 aromatic carbocycles. The molecule has 0 fully saturated rings. The Hall–Kier alpha value is -2.93. The Morgan fingerprint density at radius 2 is 2.00 bits per heavy atom. The van der Waals surface area contributed by atoms with E-state index in [1.165, 1.54) is 0 Å². The number of rotatable bonds is 6. The molecule has 1 unspecified atom stereocenters. The zero-order valence-electron chi connectivity index (χ0n) is 17.3. The number of nitrogens with one attached hydrogen (secondary N) is 1. The number of amides is 1. The molecule has 0 aliphatic carbocycles. The van der Waals surface area contributed by atoms with Gasteiger partial charge in [0.25, 0.3) is 5.91 Å². The lowest BCUT2D eigenvalue weighted by molar-refractivity contribution is 0.0943. The van der Waals surface area contributed by atoms with Crippen molar-refractivity contribution >= 4 is 16.9 Å². The number of ether oxygens (including phenoxy) is 1. The van der Waals surface area contributed by atoms with Crippen molar-refractivity contribution in [1.29, 1.82) is 0 Å². The fourth-order valence-corrected chi connectivity index (χ4v) is 3.55. The van der Waals surface area contributed by atoms with Crippen molar-refractivity contribution in [3.8, 4) is 5.75 Å². The number of para-hydroxylation sites is 1. The molecule has 3 rings (SSSR count). The molecule has 148 valence electrons. The van der Waals surface area contributed by atoms with Gasteiger partial charge < -0.3 is 15.0 Å². The second-order valence-electron chi connectivity index (χ2n) is 7.15. The van der Waals surface area contributed by atoms with Crippen LogP contribution in [0.5, 0.6) is 5.75 Å². The Morgan fingerprint density at radius 1 is 1.29 bits per heavy atom. The van der Waals surface area contributed by atoms with E-state index in [4.69, 9.17) is 4.74 Å². The molecule has 1 amide bonds. The number of benzene rings is 1. The zero-order chi connectivity index (χ0) is 20.4. The Balaban J connectivity index is 1.90. The number of pyridine rings is 1. The summed E-state index contributed by atoms with van der Waals surface area (Å²) in [7, 11) is 7.48. The topological polar surface area (TPSA) is 72.3 Å². The van der Waals surface area contributed by atoms with Crippen molar-refractivity contribution in [3.05, 3.63) is 52.8 Å². The summed E-state index contributed by atoms with van der Waals surface area (Å²) in [5.41, 5.74) is 3.93. The molecule has 0 spiro atoms. The molecule has 0 aliphatic heterocycles. The Labute approximate surface area is 165 Å². The molecule has 0 saturated carbocycles. The molecule has 7 nitrogen and oxygen atoms in total. The molecule has 7 heteroatoms. The van der Waals surface area contributed by atoms with E-state index in [-0.39, 0.29) is 11.9 Å². The minimum atomic E-state index is -0.131. The van der Waals surface area contributed by atoms with Crippen molar-refractivity contribution < 1.29 is 9.53 Å². The van der Waals surface area contributed by atoms with Crippen LogP contribution in [0.15, 0.2) is 30.3 Å². The Morgan fingerprint density at radius 3 is 2.68 bits per heavy atom. The van der Waals surface area contributed by atoms with Gasteiger partial charge in [0.2, 0.25) is 0 Å². The first-order valence-corrected chi connectivity index (χ1v) is 9.22. The normalized spacial score (nSPS) is 12.4. The van der Waals surface area contributed by atoms with Crippen molar-refractivity contribution in [1.82, 2.24) is 25.0 Å². The highest BCUT2D eigenvalue weighted by molar-refractivity contribution is 6.06. The minimum Gasteiger partial charge on any atom is -0.496 e. The van der Waals surface area contributed by atoms with Gasteiger partial charge in [-0.3, -0.25) is 9.48 Å². The summed E-state index contributed by atoms with van der Waals surface area (Å²) in [6.07, 6.45) is 0. The van der Waals surface area contributed by atoms with E-state index in [1.807, 2.05) is 65.3 Å². The van der Waals surface area contributed by atoms with Crippen LogP contribution in [0.2, 0.25) is 0 Å². The fraction of sp³-hybridized carbons (Fsp3) is 0.381. The molecule has 0 saturated heterocycles. The number of nitrogens with zero attached hydrogens (tertiary/aromatic N) is 4. The molecular formula is C21H27N5O2. The average molecular weight is 381 g/mol. The van der Waals surface area contributed by atoms with Crippen molar-refractivity contribution in [2.75, 3.05) is 27.7 Å². The number of carbonyl (C=O) groups is 1. The SMILES string of the molecule is COc1ccccc1C(CNC(=O)c1cc(C)nc2c1c(C)nn2C)N(C)C. The highest BCUT2D eigenvalue weighted by atomic mass is 16.5. The second-order valence-corrected chi connectivity index (χ2v) is 7.15. The van der Waals surface area contributed by atoms with Crippen molar-refractivity contribution in [2.45, 2.75) is 19.9 Å². The third-order valence-electron chi connectivity index (χ3n) is 4.92. The summed E-state index contributed by atoms with van der Waals surface area (Å²) < 4.78 is 7.22. The Kier molecular flexibility index (Phi) is 5.65. The van der Waals surface area contributed by atoms with Gasteiger partial charge >= 0.3 is 0 Å². The van der Waals surface area contributed by atoms with E-state index in [9.17, 15) is 4.79 Å². The van der Waals surface area contributed by atoms with Crippen LogP contribution in [0.1, 0.15) is 33.4 Å². The molecule has 28 heavy (non-hydrogen) atoms. The van der Waals surface area contributed by atoms with E-state index >= 15 is 0 Å². The third-order valence-corrected chi connectivity index (χ3v) is 4.92. The van der Waals surface area contributed by atoms with Crippen LogP contribution in [0.25, 0.3) is 11.0 Å². The maximum atomic E-state index is 13.1. The summed E-state index contributed by atoms with van der Waals surface area (Å²) >= 11 is 0. The fourth-order valence-electron chi connectivity index (χ4n) is 3.55. The summed E-state index contributed by atoms with van der Waals surface area (Å²) in [5.74, 6) is 0.675. The monoisotopic (exact) mass is 381 g/mol. The molecule has 3 aromatic rings. The van der Waals surface area contributed by atoms with Gasteiger partial charge in [-0.1, -0.05) is 18.2 Å². The Bertz CT molecular complexity index is 1010. The van der Waals surface area contributed by atoms with Gasteiger partial charge in [-0.05, 0) is 40.1 Å². The molecule has 1 N–H and O–H groups in total. The maximum Gasteiger partial charge on any atom is 0.252 e. The van der Waals surface area contributed by atoms with Crippen LogP contribution in [-0.2, 0) is 7.05 Å². The van der Waals surface area contributed by atoms with E-state index < -0.39 is 0 Å². The highest BCUT2D eigenvalue weighted by Crippen LogP contribution is 2.28. The van der Waals surface area contributed by atoms with E-state index in [0.717, 1.165) is 33.7 Å². The number of carbonyl (C=O) groups excluding carboxylic acids is 1. The van der Waals surface area contributed by atoms with Crippen molar-refractivity contribution in [2.24, 2.45) is 7.05 Å². The number of aromatic nitrogens is 3. The third kappa shape index (κ3) is 3.71. The van der Waals surface area contributed by atoms with Gasteiger partial charge in [-0.15, -0.1) is 0 Å². The first-order chi connectivity index (χ1) is 13.3. The largest absolute Gasteiger partial charge is 0.496 e. The van der Waals surface area contributed by atoms with Crippen LogP contribution in [0.3, 0.4) is 0 Å². The van der Waals surface area contributed by atoms with E-state index in [1.54, 1.807) is 11.8 Å². The molecule has 2 heterocycles. The average Bonchev–Trinajstić information content (AvgIpc) is 2.94. The predicted molar refractivity (Wildman–Crippen MR) is 110 cm³/mol. The van der Waals surface area contributed by atoms with Crippen LogP contribution < -0.4 is 10.1 Å². The molecule has 0 radical (unpaired) electrons. The summed E-state index contributed by atoms with van der Waals surface area (Å²) in [6, 6.07) is 9.67. The molecule has 0 bridgehead atoms. The molecule has 1 atom stereocenters. The van der Waals surface area contributed by atoms with Gasteiger partial charge in [0.1, 0.15) is 5.75 Å². The van der Waals surface area contributed by atoms with Crippen LogP contribution in [-0.4, -0.2) is 53.3 Å². The molecule has 2 aromatic heterocycles. The first kappa shape index (κ1) is 19.8. The number of aryl methyl sites for hydroxylation is 3. The number of hydrogen-bond acceptors (Lipinski definition) is 5. The highest BCUT2D eigenvalue weighted by Gasteiger charge is 2.22. The van der Waals surface area contributed by atoms with Crippen LogP contribution in [0, 0.1) is 13.8 Å². The van der Waals surface area contributed by atoms with E-state index in [2.05, 4.69) is 20.3 Å². The maximum absolute atomic E-state index is 13.1. The minimum absolute atomic E-state index is 0.0199. The number of likely N-dealkylation sites (N-methyl/N-ethyl adjacent to an activating group) is 1. The van der Waals surface area contributed by atoms with E-state index in [0.29, 0.717) is 12.1 Å². The number of methoxy groups -OCH3 is 1.